The lowest BCUT2D eigenvalue weighted by molar-refractivity contribution is 0.101. The highest BCUT2D eigenvalue weighted by Crippen LogP contribution is 2.30. The Balaban J connectivity index is 1.46. The second-order valence-electron chi connectivity index (χ2n) is 6.64. The van der Waals surface area contributed by atoms with Crippen molar-refractivity contribution in [2.24, 2.45) is 0 Å². The molecule has 29 heavy (non-hydrogen) atoms. The first-order valence-electron chi connectivity index (χ1n) is 8.76. The van der Waals surface area contributed by atoms with E-state index in [1.54, 1.807) is 13.0 Å². The van der Waals surface area contributed by atoms with Gasteiger partial charge < -0.3 is 4.52 Å². The number of carbonyl (C=O) groups is 1. The van der Waals surface area contributed by atoms with Gasteiger partial charge in [0.05, 0.1) is 11.4 Å². The van der Waals surface area contributed by atoms with Gasteiger partial charge in [0, 0.05) is 30.5 Å². The fraction of sp³-hybridized carbons (Fsp3) is 0.278. The molecule has 3 heterocycles. The van der Waals surface area contributed by atoms with Crippen LogP contribution < -0.4 is 5.32 Å². The van der Waals surface area contributed by atoms with E-state index in [-0.39, 0.29) is 24.5 Å². The van der Waals surface area contributed by atoms with E-state index < -0.39 is 21.7 Å². The molecule has 1 aromatic carbocycles. The highest BCUT2D eigenvalue weighted by atomic mass is 32.2. The maximum Gasteiger partial charge on any atom is 0.279 e. The quantitative estimate of drug-likeness (QED) is 0.659. The minimum atomic E-state index is -3.61. The second kappa shape index (κ2) is 7.65. The van der Waals surface area contributed by atoms with Crippen molar-refractivity contribution in [1.82, 2.24) is 14.4 Å². The topological polar surface area (TPSA) is 105 Å². The van der Waals surface area contributed by atoms with Gasteiger partial charge in [-0.05, 0) is 24.6 Å². The van der Waals surface area contributed by atoms with Gasteiger partial charge in [-0.15, -0.1) is 11.3 Å². The Morgan fingerprint density at radius 2 is 2.21 bits per heavy atom. The SMILES string of the molecule is Cc1cc(C(=O)Nc2nc3c(s2)CN(S(=O)(=O)Cc2cccc(F)c2)CC3)no1. The number of halogens is 1. The molecule has 0 saturated carbocycles. The number of nitrogens with one attached hydrogen (secondary N) is 1. The molecule has 1 aliphatic rings. The fourth-order valence-corrected chi connectivity index (χ4v) is 5.61. The summed E-state index contributed by atoms with van der Waals surface area (Å²) >= 11 is 1.23. The molecule has 4 rings (SSSR count). The van der Waals surface area contributed by atoms with Crippen LogP contribution in [0.4, 0.5) is 9.52 Å². The van der Waals surface area contributed by atoms with Gasteiger partial charge in [-0.1, -0.05) is 17.3 Å². The summed E-state index contributed by atoms with van der Waals surface area (Å²) in [7, 11) is -3.61. The average molecular weight is 436 g/mol. The molecule has 1 amide bonds. The Bertz CT molecular complexity index is 1170. The normalized spacial score (nSPS) is 14.6. The van der Waals surface area contributed by atoms with Gasteiger partial charge in [-0.25, -0.2) is 17.8 Å². The first-order chi connectivity index (χ1) is 13.8. The summed E-state index contributed by atoms with van der Waals surface area (Å²) in [6.45, 7) is 2.14. The molecule has 8 nitrogen and oxygen atoms in total. The van der Waals surface area contributed by atoms with Crippen LogP contribution in [-0.4, -0.2) is 35.3 Å². The summed E-state index contributed by atoms with van der Waals surface area (Å²) in [5.41, 5.74) is 1.31. The first-order valence-corrected chi connectivity index (χ1v) is 11.2. The summed E-state index contributed by atoms with van der Waals surface area (Å²) < 4.78 is 45.1. The molecule has 2 aromatic heterocycles. The zero-order valence-corrected chi connectivity index (χ0v) is 17.0. The van der Waals surface area contributed by atoms with Crippen molar-refractivity contribution < 1.29 is 22.1 Å². The molecule has 3 aromatic rings. The summed E-state index contributed by atoms with van der Waals surface area (Å²) in [4.78, 5) is 17.4. The van der Waals surface area contributed by atoms with E-state index in [2.05, 4.69) is 15.5 Å². The van der Waals surface area contributed by atoms with E-state index >= 15 is 0 Å². The number of rotatable bonds is 5. The van der Waals surface area contributed by atoms with Crippen LogP contribution in [0.3, 0.4) is 0 Å². The van der Waals surface area contributed by atoms with Crippen molar-refractivity contribution in [2.45, 2.75) is 25.6 Å². The van der Waals surface area contributed by atoms with Crippen molar-refractivity contribution in [3.63, 3.8) is 0 Å². The number of aryl methyl sites for hydroxylation is 1. The molecule has 0 atom stereocenters. The number of thiazole rings is 1. The van der Waals surface area contributed by atoms with Gasteiger partial charge in [0.15, 0.2) is 10.8 Å². The minimum absolute atomic E-state index is 0.148. The van der Waals surface area contributed by atoms with E-state index in [9.17, 15) is 17.6 Å². The summed E-state index contributed by atoms with van der Waals surface area (Å²) in [6.07, 6.45) is 0.438. The predicted octanol–water partition coefficient (Wildman–Crippen LogP) is 2.72. The van der Waals surface area contributed by atoms with E-state index in [4.69, 9.17) is 4.52 Å². The van der Waals surface area contributed by atoms with Crippen molar-refractivity contribution >= 4 is 32.4 Å². The van der Waals surface area contributed by atoms with Crippen molar-refractivity contribution in [2.75, 3.05) is 11.9 Å². The van der Waals surface area contributed by atoms with Crippen LogP contribution in [0.2, 0.25) is 0 Å². The molecule has 0 aliphatic carbocycles. The lowest BCUT2D eigenvalue weighted by Gasteiger charge is -2.25. The molecule has 0 unspecified atom stereocenters. The number of nitrogens with zero attached hydrogens (tertiary/aromatic N) is 3. The number of carbonyl (C=O) groups excluding carboxylic acids is 1. The smallest absolute Gasteiger partial charge is 0.279 e. The average Bonchev–Trinajstić information content (AvgIpc) is 3.26. The number of aromatic nitrogens is 2. The number of benzene rings is 1. The largest absolute Gasteiger partial charge is 0.361 e. The van der Waals surface area contributed by atoms with E-state index in [1.165, 1.54) is 39.9 Å². The van der Waals surface area contributed by atoms with Gasteiger partial charge >= 0.3 is 0 Å². The van der Waals surface area contributed by atoms with Crippen LogP contribution in [0.15, 0.2) is 34.9 Å². The van der Waals surface area contributed by atoms with E-state index in [0.717, 1.165) is 10.6 Å². The van der Waals surface area contributed by atoms with Crippen LogP contribution in [0.1, 0.15) is 32.4 Å². The number of fused-ring (bicyclic) bond motifs is 1. The van der Waals surface area contributed by atoms with Crippen LogP contribution in [0, 0.1) is 12.7 Å². The summed E-state index contributed by atoms with van der Waals surface area (Å²) in [6, 6.07) is 7.09. The first kappa shape index (κ1) is 19.7. The molecular formula is C18H17FN4O4S2. The molecule has 0 spiro atoms. The maximum absolute atomic E-state index is 13.4. The molecule has 0 saturated heterocycles. The summed E-state index contributed by atoms with van der Waals surface area (Å²) in [5, 5.41) is 6.70. The van der Waals surface area contributed by atoms with Crippen molar-refractivity contribution in [3.05, 3.63) is 63.7 Å². The number of amides is 1. The molecule has 152 valence electrons. The highest BCUT2D eigenvalue weighted by Gasteiger charge is 2.29. The third kappa shape index (κ3) is 4.36. The van der Waals surface area contributed by atoms with Gasteiger partial charge in [0.1, 0.15) is 11.6 Å². The highest BCUT2D eigenvalue weighted by molar-refractivity contribution is 7.88. The second-order valence-corrected chi connectivity index (χ2v) is 9.69. The molecule has 1 N–H and O–H groups in total. The van der Waals surface area contributed by atoms with E-state index in [1.807, 2.05) is 0 Å². The molecule has 0 fully saturated rings. The Morgan fingerprint density at radius 1 is 1.38 bits per heavy atom. The van der Waals surface area contributed by atoms with Crippen LogP contribution in [0.5, 0.6) is 0 Å². The predicted molar refractivity (Wildman–Crippen MR) is 104 cm³/mol. The van der Waals surface area contributed by atoms with Crippen molar-refractivity contribution in [1.29, 1.82) is 0 Å². The minimum Gasteiger partial charge on any atom is -0.361 e. The van der Waals surface area contributed by atoms with E-state index in [0.29, 0.717) is 22.9 Å². The zero-order chi connectivity index (χ0) is 20.6. The van der Waals surface area contributed by atoms with Crippen LogP contribution in [0.25, 0.3) is 0 Å². The maximum atomic E-state index is 13.4. The Kier molecular flexibility index (Phi) is 5.19. The van der Waals surface area contributed by atoms with Gasteiger partial charge in [0.25, 0.3) is 5.91 Å². The van der Waals surface area contributed by atoms with Crippen LogP contribution in [-0.2, 0) is 28.7 Å². The van der Waals surface area contributed by atoms with Gasteiger partial charge in [0.2, 0.25) is 10.0 Å². The zero-order valence-electron chi connectivity index (χ0n) is 15.4. The van der Waals surface area contributed by atoms with Crippen molar-refractivity contribution in [3.8, 4) is 0 Å². The molecule has 0 radical (unpaired) electrons. The lowest BCUT2D eigenvalue weighted by atomic mass is 10.2. The molecule has 0 bridgehead atoms. The third-order valence-electron chi connectivity index (χ3n) is 4.41. The Hall–Kier alpha value is -2.63. The molecule has 11 heteroatoms. The monoisotopic (exact) mass is 436 g/mol. The number of sulfonamides is 1. The Morgan fingerprint density at radius 3 is 2.93 bits per heavy atom. The Labute approximate surface area is 170 Å². The van der Waals surface area contributed by atoms with Gasteiger partial charge in [-0.2, -0.15) is 4.31 Å². The lowest BCUT2D eigenvalue weighted by Crippen LogP contribution is -2.36. The third-order valence-corrected chi connectivity index (χ3v) is 7.20. The summed E-state index contributed by atoms with van der Waals surface area (Å²) in [5.74, 6) is -0.659. The fourth-order valence-electron chi connectivity index (χ4n) is 3.03. The molecular weight excluding hydrogens is 419 g/mol. The standard InChI is InChI=1S/C18H17FN4O4S2/c1-11-7-15(22-27-11)17(24)21-18-20-14-5-6-23(9-16(14)28-18)29(25,26)10-12-3-2-4-13(19)8-12/h2-4,7-8H,5-6,9-10H2,1H3,(H,20,21,24). The van der Waals surface area contributed by atoms with Crippen LogP contribution >= 0.6 is 11.3 Å². The molecule has 1 aliphatic heterocycles. The number of hydrogen-bond donors (Lipinski definition) is 1. The number of hydrogen-bond acceptors (Lipinski definition) is 7. The van der Waals surface area contributed by atoms with Gasteiger partial charge in [-0.3, -0.25) is 10.1 Å². The number of anilines is 1.